The Labute approximate surface area is 72.2 Å². The highest BCUT2D eigenvalue weighted by Gasteiger charge is 2.10. The maximum atomic E-state index is 12.0. The first kappa shape index (κ1) is 9.06. The van der Waals surface area contributed by atoms with Crippen molar-refractivity contribution in [3.05, 3.63) is 29.6 Å². The van der Waals surface area contributed by atoms with Gasteiger partial charge < -0.3 is 0 Å². The summed E-state index contributed by atoms with van der Waals surface area (Å²) < 4.78 is 24.0. The van der Waals surface area contributed by atoms with Crippen molar-refractivity contribution in [1.29, 1.82) is 0 Å². The molecule has 1 rings (SSSR count). The zero-order valence-corrected chi connectivity index (χ0v) is 6.55. The molecule has 1 aromatic rings. The Bertz CT molecular complexity index is 303. The van der Waals surface area contributed by atoms with Crippen LogP contribution in [-0.4, -0.2) is 10.2 Å². The van der Waals surface area contributed by atoms with Gasteiger partial charge in [-0.25, -0.2) is 8.78 Å². The number of rotatable bonds is 2. The van der Waals surface area contributed by atoms with Gasteiger partial charge in [0.2, 0.25) is 0 Å². The van der Waals surface area contributed by atoms with Gasteiger partial charge in [-0.15, -0.1) is 0 Å². The van der Waals surface area contributed by atoms with E-state index in [0.717, 1.165) is 12.3 Å². The van der Waals surface area contributed by atoms with Crippen molar-refractivity contribution in [1.82, 2.24) is 4.98 Å². The van der Waals surface area contributed by atoms with E-state index in [1.54, 1.807) is 0 Å². The minimum atomic E-state index is -2.68. The summed E-state index contributed by atoms with van der Waals surface area (Å²) in [6.07, 6.45) is -1.56. The largest absolute Gasteiger partial charge is 0.280 e. The van der Waals surface area contributed by atoms with Crippen LogP contribution in [0.15, 0.2) is 18.3 Å². The van der Waals surface area contributed by atoms with Gasteiger partial charge in [0.05, 0.1) is 0 Å². The van der Waals surface area contributed by atoms with Gasteiger partial charge in [0.15, 0.2) is 0 Å². The third-order valence-corrected chi connectivity index (χ3v) is 1.45. The third-order valence-electron chi connectivity index (χ3n) is 1.23. The predicted molar refractivity (Wildman–Crippen MR) is 39.4 cm³/mol. The van der Waals surface area contributed by atoms with E-state index >= 15 is 0 Å². The van der Waals surface area contributed by atoms with Crippen LogP contribution >= 0.6 is 11.6 Å². The number of halogens is 3. The summed E-state index contributed by atoms with van der Waals surface area (Å²) in [5, 5.41) is -0.765. The Balaban J connectivity index is 3.04. The number of alkyl halides is 2. The van der Waals surface area contributed by atoms with Crippen molar-refractivity contribution in [2.75, 3.05) is 0 Å². The van der Waals surface area contributed by atoms with Crippen LogP contribution in [0.3, 0.4) is 0 Å². The van der Waals surface area contributed by atoms with Gasteiger partial charge in [-0.05, 0) is 23.7 Å². The molecule has 0 atom stereocenters. The van der Waals surface area contributed by atoms with Gasteiger partial charge in [-0.1, -0.05) is 0 Å². The molecule has 0 saturated carbocycles. The second-order valence-corrected chi connectivity index (χ2v) is 2.39. The number of hydrogen-bond acceptors (Lipinski definition) is 2. The normalized spacial score (nSPS) is 10.3. The highest BCUT2D eigenvalue weighted by molar-refractivity contribution is 6.67. The summed E-state index contributed by atoms with van der Waals surface area (Å²) in [6, 6.07) is 2.25. The molecule has 0 spiro atoms. The van der Waals surface area contributed by atoms with Crippen LogP contribution < -0.4 is 0 Å². The van der Waals surface area contributed by atoms with Crippen molar-refractivity contribution < 1.29 is 13.6 Å². The Morgan fingerprint density at radius 2 is 2.25 bits per heavy atom. The van der Waals surface area contributed by atoms with E-state index in [0.29, 0.717) is 0 Å². The van der Waals surface area contributed by atoms with Crippen molar-refractivity contribution in [3.8, 4) is 0 Å². The third kappa shape index (κ3) is 1.98. The van der Waals surface area contributed by atoms with Gasteiger partial charge in [-0.2, -0.15) is 0 Å². The number of aromatic nitrogens is 1. The zero-order valence-electron chi connectivity index (χ0n) is 5.80. The molecule has 0 aromatic carbocycles. The number of pyridine rings is 1. The molecule has 2 nitrogen and oxygen atoms in total. The molecule has 1 aromatic heterocycles. The Morgan fingerprint density at radius 3 is 2.75 bits per heavy atom. The smallest absolute Gasteiger partial charge is 0.276 e. The van der Waals surface area contributed by atoms with Crippen LogP contribution in [-0.2, 0) is 0 Å². The molecular formula is C7H4ClF2NO. The average molecular weight is 192 g/mol. The Morgan fingerprint density at radius 1 is 1.58 bits per heavy atom. The highest BCUT2D eigenvalue weighted by Crippen LogP contribution is 2.17. The summed E-state index contributed by atoms with van der Waals surface area (Å²) >= 11 is 5.07. The van der Waals surface area contributed by atoms with E-state index < -0.39 is 17.4 Å². The monoisotopic (exact) mass is 191 g/mol. The molecule has 0 radical (unpaired) electrons. The van der Waals surface area contributed by atoms with Crippen LogP contribution in [0, 0.1) is 0 Å². The van der Waals surface area contributed by atoms with Gasteiger partial charge in [0.1, 0.15) is 5.69 Å². The maximum absolute atomic E-state index is 12.0. The fourth-order valence-corrected chi connectivity index (χ4v) is 0.807. The lowest BCUT2D eigenvalue weighted by molar-refractivity contribution is 0.108. The fraction of sp³-hybridized carbons (Fsp3) is 0.143. The molecule has 0 N–H and O–H groups in total. The predicted octanol–water partition coefficient (Wildman–Crippen LogP) is 2.40. The molecule has 0 bridgehead atoms. The molecule has 0 fully saturated rings. The lowest BCUT2D eigenvalue weighted by Crippen LogP contribution is -1.94. The minimum Gasteiger partial charge on any atom is -0.276 e. The van der Waals surface area contributed by atoms with Crippen LogP contribution in [0.4, 0.5) is 8.78 Å². The molecule has 0 amide bonds. The second kappa shape index (κ2) is 3.58. The SMILES string of the molecule is O=C(Cl)c1ccnc(C(F)F)c1. The maximum Gasteiger partial charge on any atom is 0.280 e. The lowest BCUT2D eigenvalue weighted by atomic mass is 10.2. The van der Waals surface area contributed by atoms with E-state index in [1.165, 1.54) is 6.07 Å². The zero-order chi connectivity index (χ0) is 9.14. The summed E-state index contributed by atoms with van der Waals surface area (Å²) in [5.41, 5.74) is -0.413. The first-order valence-electron chi connectivity index (χ1n) is 3.05. The minimum absolute atomic E-state index is 0.0296. The van der Waals surface area contributed by atoms with Crippen molar-refractivity contribution in [2.45, 2.75) is 6.43 Å². The van der Waals surface area contributed by atoms with E-state index in [4.69, 9.17) is 11.6 Å². The number of hydrogen-bond donors (Lipinski definition) is 0. The van der Waals surface area contributed by atoms with Crippen LogP contribution in [0.5, 0.6) is 0 Å². The molecule has 5 heteroatoms. The van der Waals surface area contributed by atoms with Crippen LogP contribution in [0.25, 0.3) is 0 Å². The topological polar surface area (TPSA) is 30.0 Å². The Kier molecular flexibility index (Phi) is 2.70. The fourth-order valence-electron chi connectivity index (χ4n) is 0.690. The van der Waals surface area contributed by atoms with Gasteiger partial charge in [-0.3, -0.25) is 9.78 Å². The lowest BCUT2D eigenvalue weighted by Gasteiger charge is -1.98. The first-order chi connectivity index (χ1) is 5.61. The van der Waals surface area contributed by atoms with Gasteiger partial charge in [0.25, 0.3) is 11.7 Å². The van der Waals surface area contributed by atoms with Crippen LogP contribution in [0.2, 0.25) is 0 Å². The van der Waals surface area contributed by atoms with Crippen molar-refractivity contribution in [2.24, 2.45) is 0 Å². The number of carbonyl (C=O) groups excluding carboxylic acids is 1. The molecule has 0 aliphatic heterocycles. The number of carbonyl (C=O) groups is 1. The molecule has 0 aliphatic carbocycles. The van der Waals surface area contributed by atoms with E-state index in [9.17, 15) is 13.6 Å². The first-order valence-corrected chi connectivity index (χ1v) is 3.43. The molecule has 0 unspecified atom stereocenters. The summed E-state index contributed by atoms with van der Waals surface area (Å²) in [7, 11) is 0. The highest BCUT2D eigenvalue weighted by atomic mass is 35.5. The molecular weight excluding hydrogens is 188 g/mol. The van der Waals surface area contributed by atoms with Gasteiger partial charge >= 0.3 is 0 Å². The molecule has 12 heavy (non-hydrogen) atoms. The second-order valence-electron chi connectivity index (χ2n) is 2.04. The van der Waals surface area contributed by atoms with E-state index in [1.807, 2.05) is 0 Å². The Hall–Kier alpha value is -1.03. The average Bonchev–Trinajstić information content (AvgIpc) is 2.04. The quantitative estimate of drug-likeness (QED) is 0.672. The molecule has 64 valence electrons. The standard InChI is InChI=1S/C7H4ClF2NO/c8-6(12)4-1-2-11-5(3-4)7(9)10/h1-3,7H. The van der Waals surface area contributed by atoms with Crippen molar-refractivity contribution in [3.63, 3.8) is 0 Å². The van der Waals surface area contributed by atoms with Crippen molar-refractivity contribution >= 4 is 16.8 Å². The van der Waals surface area contributed by atoms with E-state index in [-0.39, 0.29) is 5.56 Å². The van der Waals surface area contributed by atoms with Gasteiger partial charge in [0, 0.05) is 11.8 Å². The molecule has 0 aliphatic rings. The summed E-state index contributed by atoms with van der Waals surface area (Å²) in [5.74, 6) is 0. The number of nitrogens with zero attached hydrogens (tertiary/aromatic N) is 1. The summed E-state index contributed by atoms with van der Waals surface area (Å²) in [4.78, 5) is 13.9. The molecule has 1 heterocycles. The summed E-state index contributed by atoms with van der Waals surface area (Å²) in [6.45, 7) is 0. The van der Waals surface area contributed by atoms with Crippen LogP contribution in [0.1, 0.15) is 22.5 Å². The molecule has 0 saturated heterocycles. The van der Waals surface area contributed by atoms with E-state index in [2.05, 4.69) is 4.98 Å².